The second kappa shape index (κ2) is 5.62. The third kappa shape index (κ3) is 2.19. The Morgan fingerprint density at radius 3 is 2.58 bits per heavy atom. The largest absolute Gasteiger partial charge is 0.496 e. The fourth-order valence-corrected chi connectivity index (χ4v) is 3.51. The average Bonchev–Trinajstić information content (AvgIpc) is 3.12. The van der Waals surface area contributed by atoms with E-state index in [0.29, 0.717) is 0 Å². The smallest absolute Gasteiger partial charge is 0.335 e. The van der Waals surface area contributed by atoms with Gasteiger partial charge in [0.15, 0.2) is 5.65 Å². The summed E-state index contributed by atoms with van der Waals surface area (Å²) in [4.78, 5) is 11.4. The minimum atomic E-state index is -0.937. The molecule has 0 aliphatic rings. The molecule has 6 nitrogen and oxygen atoms in total. The predicted octanol–water partition coefficient (Wildman–Crippen LogP) is 3.84. The summed E-state index contributed by atoms with van der Waals surface area (Å²) in [7, 11) is 3.53. The van der Waals surface area contributed by atoms with Crippen molar-refractivity contribution in [2.75, 3.05) is 7.11 Å². The minimum Gasteiger partial charge on any atom is -0.496 e. The van der Waals surface area contributed by atoms with Crippen LogP contribution in [0.3, 0.4) is 0 Å². The molecule has 1 N–H and O–H groups in total. The highest BCUT2D eigenvalue weighted by Crippen LogP contribution is 2.35. The molecular formula is C20H19N3O3. The molecule has 132 valence electrons. The van der Waals surface area contributed by atoms with Gasteiger partial charge in [-0.2, -0.15) is 5.10 Å². The Kier molecular flexibility index (Phi) is 3.50. The van der Waals surface area contributed by atoms with E-state index in [1.165, 1.54) is 0 Å². The monoisotopic (exact) mass is 349 g/mol. The fraction of sp³-hybridized carbons (Fsp3) is 0.200. The summed E-state index contributed by atoms with van der Waals surface area (Å²) in [6, 6.07) is 9.15. The molecule has 4 rings (SSSR count). The van der Waals surface area contributed by atoms with Crippen molar-refractivity contribution in [1.29, 1.82) is 0 Å². The first kappa shape index (κ1) is 16.2. The molecule has 0 atom stereocenters. The van der Waals surface area contributed by atoms with Gasteiger partial charge in [-0.15, -0.1) is 0 Å². The lowest BCUT2D eigenvalue weighted by atomic mass is 10.1. The molecule has 2 heterocycles. The molecule has 2 aromatic heterocycles. The van der Waals surface area contributed by atoms with Crippen molar-refractivity contribution in [3.63, 3.8) is 0 Å². The van der Waals surface area contributed by atoms with E-state index in [4.69, 9.17) is 4.74 Å². The van der Waals surface area contributed by atoms with Gasteiger partial charge < -0.3 is 9.84 Å². The molecule has 0 aliphatic carbocycles. The number of fused-ring (bicyclic) bond motifs is 3. The molecule has 0 fully saturated rings. The number of hydrogen-bond donors (Lipinski definition) is 1. The number of ether oxygens (including phenoxy) is 1. The summed E-state index contributed by atoms with van der Waals surface area (Å²) >= 11 is 0. The van der Waals surface area contributed by atoms with Crippen LogP contribution < -0.4 is 4.74 Å². The Morgan fingerprint density at radius 2 is 1.88 bits per heavy atom. The fourth-order valence-electron chi connectivity index (χ4n) is 3.51. The number of nitrogens with zero attached hydrogens (tertiary/aromatic N) is 3. The number of hydrogen-bond acceptors (Lipinski definition) is 3. The molecule has 0 bridgehead atoms. The lowest BCUT2D eigenvalue weighted by molar-refractivity contribution is 0.0697. The Hall–Kier alpha value is -3.28. The lowest BCUT2D eigenvalue weighted by Crippen LogP contribution is -2.02. The van der Waals surface area contributed by atoms with Crippen molar-refractivity contribution in [2.24, 2.45) is 7.05 Å². The molecule has 0 saturated heterocycles. The van der Waals surface area contributed by atoms with Crippen LogP contribution in [-0.2, 0) is 7.05 Å². The first-order valence-electron chi connectivity index (χ1n) is 8.28. The third-order valence-electron chi connectivity index (χ3n) is 4.97. The molecule has 26 heavy (non-hydrogen) atoms. The minimum absolute atomic E-state index is 0.267. The molecule has 0 spiro atoms. The van der Waals surface area contributed by atoms with Crippen molar-refractivity contribution in [3.8, 4) is 11.4 Å². The van der Waals surface area contributed by atoms with Crippen molar-refractivity contribution < 1.29 is 14.6 Å². The normalized spacial score (nSPS) is 11.4. The van der Waals surface area contributed by atoms with Crippen molar-refractivity contribution >= 4 is 27.9 Å². The lowest BCUT2D eigenvalue weighted by Gasteiger charge is -2.15. The molecule has 0 aliphatic heterocycles. The summed E-state index contributed by atoms with van der Waals surface area (Å²) in [6.07, 6.45) is 1.92. The van der Waals surface area contributed by atoms with Crippen LogP contribution in [0.15, 0.2) is 36.5 Å². The van der Waals surface area contributed by atoms with E-state index in [9.17, 15) is 9.90 Å². The number of benzene rings is 2. The maximum absolute atomic E-state index is 11.4. The Balaban J connectivity index is 2.12. The van der Waals surface area contributed by atoms with E-state index in [1.807, 2.05) is 38.4 Å². The number of methoxy groups -OCH3 is 1. The first-order chi connectivity index (χ1) is 12.4. The van der Waals surface area contributed by atoms with Crippen LogP contribution in [0.25, 0.3) is 27.6 Å². The molecular weight excluding hydrogens is 330 g/mol. The van der Waals surface area contributed by atoms with E-state index in [2.05, 4.69) is 16.6 Å². The van der Waals surface area contributed by atoms with E-state index >= 15 is 0 Å². The summed E-state index contributed by atoms with van der Waals surface area (Å²) < 4.78 is 9.26. The van der Waals surface area contributed by atoms with Crippen molar-refractivity contribution in [1.82, 2.24) is 14.3 Å². The number of aryl methyl sites for hydroxylation is 1. The summed E-state index contributed by atoms with van der Waals surface area (Å²) in [5, 5.41) is 15.8. The zero-order chi connectivity index (χ0) is 18.6. The maximum atomic E-state index is 11.4. The Labute approximate surface area is 150 Å². The predicted molar refractivity (Wildman–Crippen MR) is 101 cm³/mol. The maximum Gasteiger partial charge on any atom is 0.335 e. The number of carboxylic acids is 1. The average molecular weight is 349 g/mol. The zero-order valence-electron chi connectivity index (χ0n) is 15.1. The van der Waals surface area contributed by atoms with Crippen LogP contribution >= 0.6 is 0 Å². The highest BCUT2D eigenvalue weighted by molar-refractivity contribution is 6.10. The number of rotatable bonds is 3. The molecule has 0 saturated carbocycles. The van der Waals surface area contributed by atoms with Gasteiger partial charge in [-0.3, -0.25) is 9.25 Å². The van der Waals surface area contributed by atoms with Gasteiger partial charge in [0.1, 0.15) is 5.75 Å². The van der Waals surface area contributed by atoms with Gasteiger partial charge in [-0.1, -0.05) is 0 Å². The SMILES string of the molecule is COc1ccc(-n2c3ccc(C(=O)O)cc3c3cn(C)nc32)c(C)c1C. The van der Waals surface area contributed by atoms with Crippen molar-refractivity contribution in [3.05, 3.63) is 53.2 Å². The second-order valence-electron chi connectivity index (χ2n) is 6.45. The van der Waals surface area contributed by atoms with Crippen LogP contribution in [0.5, 0.6) is 5.75 Å². The molecule has 0 radical (unpaired) electrons. The van der Waals surface area contributed by atoms with Gasteiger partial charge in [-0.25, -0.2) is 4.79 Å². The molecule has 0 amide bonds. The van der Waals surface area contributed by atoms with E-state index in [0.717, 1.165) is 44.5 Å². The van der Waals surface area contributed by atoms with Crippen molar-refractivity contribution in [2.45, 2.75) is 13.8 Å². The molecule has 4 aromatic rings. The number of carboxylic acid groups (broad SMARTS) is 1. The van der Waals surface area contributed by atoms with Crippen LogP contribution in [0.1, 0.15) is 21.5 Å². The van der Waals surface area contributed by atoms with Crippen LogP contribution in [0.4, 0.5) is 0 Å². The van der Waals surface area contributed by atoms with Crippen LogP contribution in [0.2, 0.25) is 0 Å². The van der Waals surface area contributed by atoms with Gasteiger partial charge in [0.05, 0.1) is 23.9 Å². The van der Waals surface area contributed by atoms with E-state index in [1.54, 1.807) is 23.9 Å². The highest BCUT2D eigenvalue weighted by Gasteiger charge is 2.19. The van der Waals surface area contributed by atoms with Gasteiger partial charge in [-0.05, 0) is 55.3 Å². The zero-order valence-corrected chi connectivity index (χ0v) is 15.1. The topological polar surface area (TPSA) is 69.3 Å². The van der Waals surface area contributed by atoms with E-state index < -0.39 is 5.97 Å². The summed E-state index contributed by atoms with van der Waals surface area (Å²) in [5.41, 5.74) is 5.17. The van der Waals surface area contributed by atoms with Crippen LogP contribution in [0, 0.1) is 13.8 Å². The summed E-state index contributed by atoms with van der Waals surface area (Å²) in [5.74, 6) is -0.0960. The molecule has 6 heteroatoms. The Morgan fingerprint density at radius 1 is 1.12 bits per heavy atom. The standard InChI is InChI=1S/C20H19N3O3/c1-11-12(2)18(26-4)8-7-16(11)23-17-6-5-13(20(24)25)9-14(17)15-10-22(3)21-19(15)23/h5-10H,1-4H3,(H,24,25). The third-order valence-corrected chi connectivity index (χ3v) is 4.97. The number of aromatic nitrogens is 3. The van der Waals surface area contributed by atoms with E-state index in [-0.39, 0.29) is 5.56 Å². The number of aromatic carboxylic acids is 1. The van der Waals surface area contributed by atoms with Crippen LogP contribution in [-0.4, -0.2) is 32.5 Å². The molecule has 0 unspecified atom stereocenters. The van der Waals surface area contributed by atoms with Gasteiger partial charge in [0.2, 0.25) is 0 Å². The quantitative estimate of drug-likeness (QED) is 0.610. The number of carbonyl (C=O) groups is 1. The Bertz CT molecular complexity index is 1180. The molecule has 2 aromatic carbocycles. The van der Waals surface area contributed by atoms with Gasteiger partial charge >= 0.3 is 5.97 Å². The summed E-state index contributed by atoms with van der Waals surface area (Å²) in [6.45, 7) is 4.08. The second-order valence-corrected chi connectivity index (χ2v) is 6.45. The van der Waals surface area contributed by atoms with Gasteiger partial charge in [0.25, 0.3) is 0 Å². The highest BCUT2D eigenvalue weighted by atomic mass is 16.5. The first-order valence-corrected chi connectivity index (χ1v) is 8.28. The van der Waals surface area contributed by atoms with Gasteiger partial charge in [0, 0.05) is 24.0 Å².